The number of hydrogen-bond acceptors (Lipinski definition) is 4. The summed E-state index contributed by atoms with van der Waals surface area (Å²) in [5.74, 6) is 0.749. The number of nitrogens with zero attached hydrogens (tertiary/aromatic N) is 3. The topological polar surface area (TPSA) is 53.5 Å². The molecule has 1 saturated heterocycles. The first-order valence-electron chi connectivity index (χ1n) is 7.01. The average molecular weight is 293 g/mol. The van der Waals surface area contributed by atoms with Crippen molar-refractivity contribution in [2.24, 2.45) is 5.92 Å². The highest BCUT2D eigenvalue weighted by molar-refractivity contribution is 7.11. The van der Waals surface area contributed by atoms with E-state index >= 15 is 0 Å². The predicted molar refractivity (Wildman–Crippen MR) is 76.3 cm³/mol. The lowest BCUT2D eigenvalue weighted by Crippen LogP contribution is -2.33. The zero-order valence-electron chi connectivity index (χ0n) is 11.9. The fraction of sp³-hybridized carbons (Fsp3) is 0.643. The summed E-state index contributed by atoms with van der Waals surface area (Å²) in [5, 5.41) is 0.984. The van der Waals surface area contributed by atoms with Crippen molar-refractivity contribution in [1.29, 1.82) is 0 Å². The van der Waals surface area contributed by atoms with Gasteiger partial charge in [-0.05, 0) is 32.6 Å². The minimum absolute atomic E-state index is 0.00467. The summed E-state index contributed by atoms with van der Waals surface area (Å²) >= 11 is 1.61. The van der Waals surface area contributed by atoms with Crippen molar-refractivity contribution in [2.45, 2.75) is 33.1 Å². The summed E-state index contributed by atoms with van der Waals surface area (Å²) in [7, 11) is 0. The lowest BCUT2D eigenvalue weighted by Gasteiger charge is -2.17. The van der Waals surface area contributed by atoms with Gasteiger partial charge in [-0.25, -0.2) is 4.98 Å². The third kappa shape index (κ3) is 2.85. The van der Waals surface area contributed by atoms with Crippen LogP contribution in [0.3, 0.4) is 0 Å². The number of amides is 2. The Balaban J connectivity index is 1.60. The minimum atomic E-state index is 0.00467. The molecule has 108 valence electrons. The molecule has 3 rings (SSSR count). The molecule has 1 aliphatic carbocycles. The Morgan fingerprint density at radius 2 is 2.15 bits per heavy atom. The molecule has 0 N–H and O–H groups in total. The maximum atomic E-state index is 12.3. The third-order valence-electron chi connectivity index (χ3n) is 3.87. The molecule has 5 nitrogen and oxygen atoms in total. The quantitative estimate of drug-likeness (QED) is 0.842. The van der Waals surface area contributed by atoms with Gasteiger partial charge in [0.2, 0.25) is 11.8 Å². The third-order valence-corrected chi connectivity index (χ3v) is 4.80. The van der Waals surface area contributed by atoms with Crippen molar-refractivity contribution in [3.8, 4) is 0 Å². The summed E-state index contributed by atoms with van der Waals surface area (Å²) < 4.78 is 0. The molecule has 2 fully saturated rings. The molecule has 2 aliphatic rings. The summed E-state index contributed by atoms with van der Waals surface area (Å²) in [6.07, 6.45) is 2.74. The smallest absolute Gasteiger partial charge is 0.243 e. The van der Waals surface area contributed by atoms with E-state index in [1.54, 1.807) is 16.2 Å². The molecular formula is C14H19N3O2S. The largest absolute Gasteiger partial charge is 0.323 e. The lowest BCUT2D eigenvalue weighted by atomic mass is 10.2. The van der Waals surface area contributed by atoms with Gasteiger partial charge in [-0.3, -0.25) is 9.59 Å². The zero-order chi connectivity index (χ0) is 14.3. The second-order valence-electron chi connectivity index (χ2n) is 5.71. The first kappa shape index (κ1) is 13.5. The van der Waals surface area contributed by atoms with Gasteiger partial charge in [0, 0.05) is 11.4 Å². The van der Waals surface area contributed by atoms with Crippen molar-refractivity contribution in [3.05, 3.63) is 15.6 Å². The molecule has 1 aromatic heterocycles. The van der Waals surface area contributed by atoms with E-state index < -0.39 is 0 Å². The van der Waals surface area contributed by atoms with E-state index in [1.165, 1.54) is 12.8 Å². The molecule has 2 amide bonds. The molecule has 6 heteroatoms. The van der Waals surface area contributed by atoms with Crippen LogP contribution in [0, 0.1) is 19.8 Å². The van der Waals surface area contributed by atoms with E-state index in [0.717, 1.165) is 22.1 Å². The van der Waals surface area contributed by atoms with Crippen LogP contribution in [0.25, 0.3) is 0 Å². The first-order valence-corrected chi connectivity index (χ1v) is 7.83. The molecule has 0 atom stereocenters. The maximum Gasteiger partial charge on any atom is 0.243 e. The molecule has 1 saturated carbocycles. The Kier molecular flexibility index (Phi) is 3.50. The molecule has 1 aromatic rings. The highest BCUT2D eigenvalue weighted by Gasteiger charge is 2.34. The van der Waals surface area contributed by atoms with E-state index in [4.69, 9.17) is 0 Å². The highest BCUT2D eigenvalue weighted by atomic mass is 32.1. The number of carbonyl (C=O) groups is 2. The van der Waals surface area contributed by atoms with Crippen LogP contribution in [-0.2, 0) is 16.0 Å². The normalized spacial score (nSPS) is 19.0. The molecule has 2 heterocycles. The minimum Gasteiger partial charge on any atom is -0.323 e. The Bertz CT molecular complexity index is 551. The monoisotopic (exact) mass is 293 g/mol. The fourth-order valence-electron chi connectivity index (χ4n) is 2.53. The number of aryl methyl sites for hydroxylation is 2. The van der Waals surface area contributed by atoms with E-state index in [2.05, 4.69) is 4.98 Å². The van der Waals surface area contributed by atoms with Crippen LogP contribution < -0.4 is 0 Å². The fourth-order valence-corrected chi connectivity index (χ4v) is 3.36. The summed E-state index contributed by atoms with van der Waals surface area (Å²) in [4.78, 5) is 33.1. The number of thiazole rings is 1. The average Bonchev–Trinajstić information content (AvgIpc) is 3.04. The summed E-state index contributed by atoms with van der Waals surface area (Å²) in [6, 6.07) is 0. The van der Waals surface area contributed by atoms with Crippen molar-refractivity contribution in [1.82, 2.24) is 14.8 Å². The van der Waals surface area contributed by atoms with Crippen LogP contribution in [-0.4, -0.2) is 46.4 Å². The van der Waals surface area contributed by atoms with Crippen LogP contribution in [0.4, 0.5) is 0 Å². The van der Waals surface area contributed by atoms with Crippen LogP contribution in [0.2, 0.25) is 0 Å². The standard InChI is InChI=1S/C14H19N3O2S/c1-9-12(15-10(2)20-9)5-13(18)17-7-14(19)16(8-17)6-11-3-4-11/h11H,3-8H2,1-2H3. The Hall–Kier alpha value is -1.43. The van der Waals surface area contributed by atoms with Crippen LogP contribution in [0.15, 0.2) is 0 Å². The van der Waals surface area contributed by atoms with Crippen LogP contribution >= 0.6 is 11.3 Å². The molecule has 0 spiro atoms. The molecule has 20 heavy (non-hydrogen) atoms. The van der Waals surface area contributed by atoms with Crippen molar-refractivity contribution in [2.75, 3.05) is 19.8 Å². The van der Waals surface area contributed by atoms with Gasteiger partial charge < -0.3 is 9.80 Å². The van der Waals surface area contributed by atoms with Gasteiger partial charge in [0.1, 0.15) is 6.54 Å². The van der Waals surface area contributed by atoms with E-state index in [9.17, 15) is 9.59 Å². The van der Waals surface area contributed by atoms with Gasteiger partial charge in [0.15, 0.2) is 0 Å². The van der Waals surface area contributed by atoms with Crippen molar-refractivity contribution in [3.63, 3.8) is 0 Å². The summed E-state index contributed by atoms with van der Waals surface area (Å²) in [6.45, 7) is 5.44. The number of hydrogen-bond donors (Lipinski definition) is 0. The molecule has 0 aromatic carbocycles. The van der Waals surface area contributed by atoms with E-state index in [-0.39, 0.29) is 18.4 Å². The Morgan fingerprint density at radius 1 is 1.40 bits per heavy atom. The zero-order valence-corrected chi connectivity index (χ0v) is 12.7. The van der Waals surface area contributed by atoms with E-state index in [0.29, 0.717) is 19.0 Å². The number of aromatic nitrogens is 1. The summed E-state index contributed by atoms with van der Waals surface area (Å²) in [5.41, 5.74) is 0.852. The maximum absolute atomic E-state index is 12.3. The van der Waals surface area contributed by atoms with Crippen LogP contribution in [0.5, 0.6) is 0 Å². The van der Waals surface area contributed by atoms with Crippen molar-refractivity contribution >= 4 is 23.2 Å². The second-order valence-corrected chi connectivity index (χ2v) is 7.11. The van der Waals surface area contributed by atoms with E-state index in [1.807, 2.05) is 18.7 Å². The molecule has 1 aliphatic heterocycles. The molecule has 0 radical (unpaired) electrons. The molecule has 0 unspecified atom stereocenters. The Morgan fingerprint density at radius 3 is 2.75 bits per heavy atom. The SMILES string of the molecule is Cc1nc(CC(=O)N2CC(=O)N(CC3CC3)C2)c(C)s1. The van der Waals surface area contributed by atoms with Gasteiger partial charge >= 0.3 is 0 Å². The van der Waals surface area contributed by atoms with Gasteiger partial charge in [-0.2, -0.15) is 0 Å². The molecule has 0 bridgehead atoms. The highest BCUT2D eigenvalue weighted by Crippen LogP contribution is 2.30. The van der Waals surface area contributed by atoms with Gasteiger partial charge in [0.05, 0.1) is 23.8 Å². The first-order chi connectivity index (χ1) is 9.52. The second kappa shape index (κ2) is 5.16. The lowest BCUT2D eigenvalue weighted by molar-refractivity contribution is -0.131. The van der Waals surface area contributed by atoms with Gasteiger partial charge in [-0.15, -0.1) is 11.3 Å². The van der Waals surface area contributed by atoms with Crippen LogP contribution in [0.1, 0.15) is 28.4 Å². The predicted octanol–water partition coefficient (Wildman–Crippen LogP) is 1.34. The number of carbonyl (C=O) groups excluding carboxylic acids is 2. The number of rotatable bonds is 4. The Labute approximate surface area is 122 Å². The molecular weight excluding hydrogens is 274 g/mol. The van der Waals surface area contributed by atoms with Crippen molar-refractivity contribution < 1.29 is 9.59 Å². The van der Waals surface area contributed by atoms with Gasteiger partial charge in [-0.1, -0.05) is 0 Å². The van der Waals surface area contributed by atoms with Gasteiger partial charge in [0.25, 0.3) is 0 Å².